The van der Waals surface area contributed by atoms with Crippen molar-refractivity contribution in [3.8, 4) is 0 Å². The standard InChI is InChI=1S/C12H24/c1-9-7-11(3,4)8-12(5,6)10(9)2/h9-10H,7-8H2,1-6H3. The predicted molar refractivity (Wildman–Crippen MR) is 55.1 cm³/mol. The molecule has 0 N–H and O–H groups in total. The van der Waals surface area contributed by atoms with Gasteiger partial charge in [-0.05, 0) is 35.5 Å². The van der Waals surface area contributed by atoms with Gasteiger partial charge in [0, 0.05) is 0 Å². The van der Waals surface area contributed by atoms with Crippen molar-refractivity contribution in [3.63, 3.8) is 0 Å². The van der Waals surface area contributed by atoms with Crippen molar-refractivity contribution >= 4 is 0 Å². The predicted octanol–water partition coefficient (Wildman–Crippen LogP) is 4.10. The highest BCUT2D eigenvalue weighted by molar-refractivity contribution is 4.91. The zero-order valence-corrected chi connectivity index (χ0v) is 9.57. The van der Waals surface area contributed by atoms with Crippen LogP contribution in [0.2, 0.25) is 0 Å². The van der Waals surface area contributed by atoms with Gasteiger partial charge < -0.3 is 0 Å². The first-order valence-electron chi connectivity index (χ1n) is 5.25. The minimum Gasteiger partial charge on any atom is -0.0622 e. The Hall–Kier alpha value is 0. The van der Waals surface area contributed by atoms with E-state index in [1.165, 1.54) is 12.8 Å². The van der Waals surface area contributed by atoms with Crippen molar-refractivity contribution in [1.29, 1.82) is 0 Å². The van der Waals surface area contributed by atoms with Crippen molar-refractivity contribution in [1.82, 2.24) is 0 Å². The van der Waals surface area contributed by atoms with Crippen molar-refractivity contribution < 1.29 is 0 Å². The highest BCUT2D eigenvalue weighted by atomic mass is 14.5. The highest BCUT2D eigenvalue weighted by Gasteiger charge is 2.41. The van der Waals surface area contributed by atoms with Crippen LogP contribution < -0.4 is 0 Å². The van der Waals surface area contributed by atoms with Crippen molar-refractivity contribution in [3.05, 3.63) is 0 Å². The molecule has 0 radical (unpaired) electrons. The molecule has 0 amide bonds. The maximum atomic E-state index is 2.43. The molecule has 2 unspecified atom stereocenters. The van der Waals surface area contributed by atoms with Gasteiger partial charge in [0.1, 0.15) is 0 Å². The monoisotopic (exact) mass is 168 g/mol. The summed E-state index contributed by atoms with van der Waals surface area (Å²) in [6.07, 6.45) is 2.78. The van der Waals surface area contributed by atoms with Gasteiger partial charge >= 0.3 is 0 Å². The first-order chi connectivity index (χ1) is 5.25. The van der Waals surface area contributed by atoms with Gasteiger partial charge in [-0.3, -0.25) is 0 Å². The van der Waals surface area contributed by atoms with Crippen LogP contribution in [0.4, 0.5) is 0 Å². The van der Waals surface area contributed by atoms with E-state index in [9.17, 15) is 0 Å². The minimum absolute atomic E-state index is 0.543. The Balaban J connectivity index is 2.80. The van der Waals surface area contributed by atoms with Gasteiger partial charge in [-0.25, -0.2) is 0 Å². The first-order valence-corrected chi connectivity index (χ1v) is 5.25. The molecule has 0 heterocycles. The molecule has 1 fully saturated rings. The van der Waals surface area contributed by atoms with E-state index in [4.69, 9.17) is 0 Å². The largest absolute Gasteiger partial charge is 0.0622 e. The van der Waals surface area contributed by atoms with Crippen LogP contribution in [0.5, 0.6) is 0 Å². The van der Waals surface area contributed by atoms with Crippen LogP contribution >= 0.6 is 0 Å². The Labute approximate surface area is 77.7 Å². The van der Waals surface area contributed by atoms with Crippen LogP contribution in [-0.4, -0.2) is 0 Å². The van der Waals surface area contributed by atoms with Gasteiger partial charge in [0.2, 0.25) is 0 Å². The molecule has 1 rings (SSSR count). The van der Waals surface area contributed by atoms with Crippen molar-refractivity contribution in [2.75, 3.05) is 0 Å². The van der Waals surface area contributed by atoms with Crippen LogP contribution in [0.1, 0.15) is 54.4 Å². The minimum atomic E-state index is 0.543. The van der Waals surface area contributed by atoms with Crippen LogP contribution in [0.3, 0.4) is 0 Å². The maximum absolute atomic E-state index is 2.43. The molecule has 12 heavy (non-hydrogen) atoms. The molecule has 0 aliphatic heterocycles. The van der Waals surface area contributed by atoms with Gasteiger partial charge in [-0.1, -0.05) is 41.5 Å². The molecule has 1 saturated carbocycles. The molecule has 1 aliphatic rings. The lowest BCUT2D eigenvalue weighted by molar-refractivity contribution is 0.0147. The smallest absolute Gasteiger partial charge is 0.0321 e. The lowest BCUT2D eigenvalue weighted by Gasteiger charge is -2.49. The molecular formula is C12H24. The van der Waals surface area contributed by atoms with Gasteiger partial charge in [0.05, 0.1) is 0 Å². The van der Waals surface area contributed by atoms with E-state index < -0.39 is 0 Å². The molecule has 2 atom stereocenters. The van der Waals surface area contributed by atoms with Gasteiger partial charge in [0.15, 0.2) is 0 Å². The normalized spacial score (nSPS) is 39.5. The number of hydrogen-bond donors (Lipinski definition) is 0. The summed E-state index contributed by atoms with van der Waals surface area (Å²) in [6, 6.07) is 0. The third kappa shape index (κ3) is 1.84. The van der Waals surface area contributed by atoms with Crippen LogP contribution in [-0.2, 0) is 0 Å². The fourth-order valence-corrected chi connectivity index (χ4v) is 3.29. The Morgan fingerprint density at radius 3 is 1.92 bits per heavy atom. The summed E-state index contributed by atoms with van der Waals surface area (Å²) in [5.74, 6) is 1.77. The lowest BCUT2D eigenvalue weighted by atomic mass is 9.57. The zero-order valence-electron chi connectivity index (χ0n) is 9.57. The number of rotatable bonds is 0. The molecule has 0 bridgehead atoms. The lowest BCUT2D eigenvalue weighted by Crippen LogP contribution is -2.39. The van der Waals surface area contributed by atoms with E-state index in [0.29, 0.717) is 10.8 Å². The van der Waals surface area contributed by atoms with Crippen molar-refractivity contribution in [2.24, 2.45) is 22.7 Å². The molecule has 0 aromatic heterocycles. The quantitative estimate of drug-likeness (QED) is 0.511. The molecular weight excluding hydrogens is 144 g/mol. The Morgan fingerprint density at radius 1 is 1.00 bits per heavy atom. The molecule has 0 saturated heterocycles. The van der Waals surface area contributed by atoms with E-state index in [2.05, 4.69) is 41.5 Å². The fraction of sp³-hybridized carbons (Fsp3) is 1.00. The molecule has 0 heteroatoms. The summed E-state index contributed by atoms with van der Waals surface area (Å²) in [4.78, 5) is 0. The molecule has 0 nitrogen and oxygen atoms in total. The summed E-state index contributed by atoms with van der Waals surface area (Å²) in [5, 5.41) is 0. The Kier molecular flexibility index (Phi) is 2.31. The second kappa shape index (κ2) is 2.75. The summed E-state index contributed by atoms with van der Waals surface area (Å²) >= 11 is 0. The van der Waals surface area contributed by atoms with Crippen LogP contribution in [0.15, 0.2) is 0 Å². The van der Waals surface area contributed by atoms with E-state index in [0.717, 1.165) is 11.8 Å². The van der Waals surface area contributed by atoms with E-state index in [1.54, 1.807) is 0 Å². The SMILES string of the molecule is CC1CC(C)(C)CC(C)(C)C1C. The second-order valence-electron chi connectivity index (χ2n) is 6.30. The number of hydrogen-bond acceptors (Lipinski definition) is 0. The molecule has 0 aromatic rings. The molecule has 0 aromatic carbocycles. The van der Waals surface area contributed by atoms with Gasteiger partial charge in [-0.15, -0.1) is 0 Å². The average Bonchev–Trinajstić information content (AvgIpc) is 1.79. The van der Waals surface area contributed by atoms with Crippen LogP contribution in [0, 0.1) is 22.7 Å². The molecule has 1 aliphatic carbocycles. The summed E-state index contributed by atoms with van der Waals surface area (Å²) in [7, 11) is 0. The average molecular weight is 168 g/mol. The van der Waals surface area contributed by atoms with Gasteiger partial charge in [0.25, 0.3) is 0 Å². The first kappa shape index (κ1) is 10.1. The second-order valence-corrected chi connectivity index (χ2v) is 6.30. The van der Waals surface area contributed by atoms with E-state index >= 15 is 0 Å². The van der Waals surface area contributed by atoms with E-state index in [-0.39, 0.29) is 0 Å². The van der Waals surface area contributed by atoms with Gasteiger partial charge in [-0.2, -0.15) is 0 Å². The van der Waals surface area contributed by atoms with E-state index in [1.807, 2.05) is 0 Å². The summed E-state index contributed by atoms with van der Waals surface area (Å²) in [5.41, 5.74) is 1.11. The Morgan fingerprint density at radius 2 is 1.50 bits per heavy atom. The zero-order chi connectivity index (χ0) is 9.57. The highest BCUT2D eigenvalue weighted by Crippen LogP contribution is 2.51. The maximum Gasteiger partial charge on any atom is -0.0321 e. The molecule has 0 spiro atoms. The summed E-state index contributed by atoms with van der Waals surface area (Å²) < 4.78 is 0. The third-order valence-electron chi connectivity index (χ3n) is 3.89. The topological polar surface area (TPSA) is 0 Å². The van der Waals surface area contributed by atoms with Crippen molar-refractivity contribution in [2.45, 2.75) is 54.4 Å². The fourth-order valence-electron chi connectivity index (χ4n) is 3.29. The Bertz CT molecular complexity index is 165. The summed E-state index contributed by atoms with van der Waals surface area (Å²) in [6.45, 7) is 14.5. The van der Waals surface area contributed by atoms with Crippen LogP contribution in [0.25, 0.3) is 0 Å². The third-order valence-corrected chi connectivity index (χ3v) is 3.89. The molecule has 72 valence electrons.